The summed E-state index contributed by atoms with van der Waals surface area (Å²) in [6.45, 7) is 4.76. The lowest BCUT2D eigenvalue weighted by atomic mass is 10.1. The maximum Gasteiger partial charge on any atom is 0.262 e. The minimum absolute atomic E-state index is 0.0318. The van der Waals surface area contributed by atoms with Crippen LogP contribution in [0.15, 0.2) is 29.3 Å². The minimum atomic E-state index is -0.223. The lowest BCUT2D eigenvalue weighted by molar-refractivity contribution is -0.121. The number of aryl methyl sites for hydroxylation is 4. The third-order valence-electron chi connectivity index (χ3n) is 5.02. The van der Waals surface area contributed by atoms with Crippen molar-refractivity contribution in [2.24, 2.45) is 0 Å². The molecule has 2 aromatic heterocycles. The van der Waals surface area contributed by atoms with Gasteiger partial charge in [-0.2, -0.15) is 0 Å². The third kappa shape index (κ3) is 3.67. The first-order valence-electron chi connectivity index (χ1n) is 9.49. The summed E-state index contributed by atoms with van der Waals surface area (Å²) in [5.74, 6) is 0.594. The van der Waals surface area contributed by atoms with Gasteiger partial charge in [-0.15, -0.1) is 11.3 Å². The quantitative estimate of drug-likeness (QED) is 0.649. The van der Waals surface area contributed by atoms with Crippen LogP contribution in [0.25, 0.3) is 10.2 Å². The molecule has 0 atom stereocenters. The number of fused-ring (bicyclic) bond motifs is 3. The molecule has 4 rings (SSSR count). The largest absolute Gasteiger partial charge is 0.491 e. The van der Waals surface area contributed by atoms with Gasteiger partial charge in [0.25, 0.3) is 5.56 Å². The molecule has 7 heteroatoms. The molecule has 0 aliphatic heterocycles. The van der Waals surface area contributed by atoms with Gasteiger partial charge >= 0.3 is 0 Å². The molecule has 0 bridgehead atoms. The van der Waals surface area contributed by atoms with Gasteiger partial charge in [0.15, 0.2) is 0 Å². The summed E-state index contributed by atoms with van der Waals surface area (Å²) in [6, 6.07) is 5.99. The average molecular weight is 398 g/mol. The highest BCUT2D eigenvalue weighted by Crippen LogP contribution is 2.34. The van der Waals surface area contributed by atoms with Crippen LogP contribution in [-0.2, 0) is 24.2 Å². The van der Waals surface area contributed by atoms with E-state index in [0.717, 1.165) is 41.0 Å². The van der Waals surface area contributed by atoms with E-state index < -0.39 is 0 Å². The molecule has 0 unspecified atom stereocenters. The first-order valence-corrected chi connectivity index (χ1v) is 10.3. The van der Waals surface area contributed by atoms with Crippen LogP contribution in [0.4, 0.5) is 0 Å². The lowest BCUT2D eigenvalue weighted by Gasteiger charge is -2.11. The average Bonchev–Trinajstić information content (AvgIpc) is 3.23. The topological polar surface area (TPSA) is 73.2 Å². The van der Waals surface area contributed by atoms with E-state index in [-0.39, 0.29) is 18.0 Å². The molecule has 0 spiro atoms. The maximum absolute atomic E-state index is 12.8. The molecule has 6 nitrogen and oxygen atoms in total. The summed E-state index contributed by atoms with van der Waals surface area (Å²) in [6.07, 6.45) is 4.52. The van der Waals surface area contributed by atoms with Crippen LogP contribution in [-0.4, -0.2) is 28.6 Å². The first-order chi connectivity index (χ1) is 13.5. The molecule has 1 aliphatic carbocycles. The van der Waals surface area contributed by atoms with Crippen molar-refractivity contribution in [3.63, 3.8) is 0 Å². The van der Waals surface area contributed by atoms with Gasteiger partial charge in [0.2, 0.25) is 5.91 Å². The Balaban J connectivity index is 1.35. The Labute approximate surface area is 167 Å². The molecular weight excluding hydrogens is 374 g/mol. The smallest absolute Gasteiger partial charge is 0.262 e. The summed E-state index contributed by atoms with van der Waals surface area (Å²) in [5, 5.41) is 3.50. The zero-order valence-electron chi connectivity index (χ0n) is 16.1. The van der Waals surface area contributed by atoms with E-state index in [1.807, 2.05) is 26.0 Å². The van der Waals surface area contributed by atoms with Gasteiger partial charge in [0.05, 0.1) is 18.3 Å². The number of carbonyl (C=O) groups is 1. The van der Waals surface area contributed by atoms with Gasteiger partial charge in [0, 0.05) is 4.88 Å². The Morgan fingerprint density at radius 2 is 2.18 bits per heavy atom. The van der Waals surface area contributed by atoms with E-state index in [1.54, 1.807) is 11.3 Å². The van der Waals surface area contributed by atoms with Crippen molar-refractivity contribution in [3.05, 3.63) is 56.4 Å². The highest BCUT2D eigenvalue weighted by Gasteiger charge is 2.21. The summed E-state index contributed by atoms with van der Waals surface area (Å²) in [7, 11) is 0. The number of carbonyl (C=O) groups excluding carboxylic acids is 1. The zero-order chi connectivity index (χ0) is 19.7. The Morgan fingerprint density at radius 3 is 3.00 bits per heavy atom. The van der Waals surface area contributed by atoms with E-state index in [1.165, 1.54) is 21.3 Å². The number of aromatic nitrogens is 2. The van der Waals surface area contributed by atoms with Crippen molar-refractivity contribution in [3.8, 4) is 5.75 Å². The molecule has 0 saturated carbocycles. The fourth-order valence-corrected chi connectivity index (χ4v) is 4.88. The predicted octanol–water partition coefficient (Wildman–Crippen LogP) is 2.76. The molecule has 0 fully saturated rings. The summed E-state index contributed by atoms with van der Waals surface area (Å²) in [4.78, 5) is 31.5. The van der Waals surface area contributed by atoms with Gasteiger partial charge in [-0.05, 0) is 50.3 Å². The second kappa shape index (κ2) is 7.75. The number of hydrogen-bond acceptors (Lipinski definition) is 5. The van der Waals surface area contributed by atoms with Crippen molar-refractivity contribution >= 4 is 27.5 Å². The van der Waals surface area contributed by atoms with Crippen molar-refractivity contribution in [2.75, 3.05) is 13.2 Å². The molecule has 3 aromatic rings. The first kappa shape index (κ1) is 18.7. The van der Waals surface area contributed by atoms with Gasteiger partial charge in [-0.25, -0.2) is 4.98 Å². The highest BCUT2D eigenvalue weighted by molar-refractivity contribution is 7.18. The highest BCUT2D eigenvalue weighted by atomic mass is 32.1. The molecule has 1 amide bonds. The Hall–Kier alpha value is -2.67. The maximum atomic E-state index is 12.8. The molecule has 146 valence electrons. The second-order valence-corrected chi connectivity index (χ2v) is 8.27. The summed E-state index contributed by atoms with van der Waals surface area (Å²) >= 11 is 1.60. The molecule has 2 heterocycles. The summed E-state index contributed by atoms with van der Waals surface area (Å²) < 4.78 is 7.12. The van der Waals surface area contributed by atoms with Crippen LogP contribution in [0.1, 0.15) is 28.0 Å². The second-order valence-electron chi connectivity index (χ2n) is 7.18. The molecule has 1 aromatic carbocycles. The van der Waals surface area contributed by atoms with Crippen LogP contribution in [0.2, 0.25) is 0 Å². The number of thiophene rings is 1. The van der Waals surface area contributed by atoms with Gasteiger partial charge in [-0.3, -0.25) is 14.2 Å². The zero-order valence-corrected chi connectivity index (χ0v) is 16.9. The molecule has 0 radical (unpaired) electrons. The molecule has 28 heavy (non-hydrogen) atoms. The van der Waals surface area contributed by atoms with Crippen molar-refractivity contribution in [1.29, 1.82) is 0 Å². The fraction of sp³-hybridized carbons (Fsp3) is 0.381. The number of rotatable bonds is 6. The van der Waals surface area contributed by atoms with Crippen LogP contribution >= 0.6 is 11.3 Å². The van der Waals surface area contributed by atoms with Crippen LogP contribution in [0, 0.1) is 13.8 Å². The SMILES string of the molecule is Cc1ccc(OCCNC(=O)Cn2cnc3sc4c(c3c2=O)CCC4)c(C)c1. The molecular formula is C21H23N3O3S. The minimum Gasteiger partial charge on any atom is -0.491 e. The van der Waals surface area contributed by atoms with Crippen LogP contribution in [0.5, 0.6) is 5.75 Å². The van der Waals surface area contributed by atoms with Gasteiger partial charge < -0.3 is 10.1 Å². The van der Waals surface area contributed by atoms with Crippen molar-refractivity contribution in [2.45, 2.75) is 39.7 Å². The summed E-state index contributed by atoms with van der Waals surface area (Å²) in [5.41, 5.74) is 3.27. The Bertz CT molecular complexity index is 1100. The van der Waals surface area contributed by atoms with Crippen molar-refractivity contribution in [1.82, 2.24) is 14.9 Å². The van der Waals surface area contributed by atoms with E-state index in [2.05, 4.69) is 16.4 Å². The standard InChI is InChI=1S/C21H23N3O3S/c1-13-6-7-16(14(2)10-13)27-9-8-22-18(25)11-24-12-23-20-19(21(24)26)15-4-3-5-17(15)28-20/h6-7,10,12H,3-5,8-9,11H2,1-2H3,(H,22,25). The number of ether oxygens (including phenoxy) is 1. The molecule has 1 N–H and O–H groups in total. The number of amides is 1. The van der Waals surface area contributed by atoms with E-state index in [9.17, 15) is 9.59 Å². The van der Waals surface area contributed by atoms with Crippen LogP contribution < -0.4 is 15.6 Å². The van der Waals surface area contributed by atoms with Crippen LogP contribution in [0.3, 0.4) is 0 Å². The van der Waals surface area contributed by atoms with E-state index in [0.29, 0.717) is 18.5 Å². The van der Waals surface area contributed by atoms with E-state index in [4.69, 9.17) is 4.74 Å². The Kier molecular flexibility index (Phi) is 5.17. The van der Waals surface area contributed by atoms with E-state index >= 15 is 0 Å². The molecule has 0 saturated heterocycles. The number of benzene rings is 1. The lowest BCUT2D eigenvalue weighted by Crippen LogP contribution is -2.34. The number of nitrogens with one attached hydrogen (secondary N) is 1. The predicted molar refractivity (Wildman–Crippen MR) is 110 cm³/mol. The number of nitrogens with zero attached hydrogens (tertiary/aromatic N) is 2. The number of hydrogen-bond donors (Lipinski definition) is 1. The van der Waals surface area contributed by atoms with Gasteiger partial charge in [0.1, 0.15) is 23.7 Å². The Morgan fingerprint density at radius 1 is 1.32 bits per heavy atom. The monoisotopic (exact) mass is 397 g/mol. The van der Waals surface area contributed by atoms with Gasteiger partial charge in [-0.1, -0.05) is 17.7 Å². The van der Waals surface area contributed by atoms with Crippen molar-refractivity contribution < 1.29 is 9.53 Å². The normalized spacial score (nSPS) is 12.9. The molecule has 1 aliphatic rings. The fourth-order valence-electron chi connectivity index (χ4n) is 3.66. The third-order valence-corrected chi connectivity index (χ3v) is 6.22.